The van der Waals surface area contributed by atoms with Crippen LogP contribution in [-0.2, 0) is 6.42 Å². The summed E-state index contributed by atoms with van der Waals surface area (Å²) in [6.07, 6.45) is -0.757. The molecule has 0 saturated carbocycles. The molecule has 9 nitrogen and oxygen atoms in total. The van der Waals surface area contributed by atoms with E-state index in [1.54, 1.807) is 43.3 Å². The first-order chi connectivity index (χ1) is 16.4. The third-order valence-electron chi connectivity index (χ3n) is 5.59. The van der Waals surface area contributed by atoms with E-state index in [0.29, 0.717) is 28.7 Å². The minimum atomic E-state index is -1.14. The number of aromatic nitrogens is 5. The van der Waals surface area contributed by atoms with Crippen molar-refractivity contribution < 1.29 is 14.3 Å². The highest BCUT2D eigenvalue weighted by molar-refractivity contribution is 5.87. The van der Waals surface area contributed by atoms with Crippen LogP contribution in [0.15, 0.2) is 59.4 Å². The Morgan fingerprint density at radius 3 is 2.65 bits per heavy atom. The van der Waals surface area contributed by atoms with Crippen molar-refractivity contribution in [3.8, 4) is 11.3 Å². The number of hydrogen-bond acceptors (Lipinski definition) is 5. The predicted molar refractivity (Wildman–Crippen MR) is 125 cm³/mol. The maximum atomic E-state index is 14.8. The van der Waals surface area contributed by atoms with Crippen molar-refractivity contribution >= 4 is 34.0 Å². The molecule has 0 atom stereocenters. The Balaban J connectivity index is 1.53. The molecule has 0 spiro atoms. The maximum absolute atomic E-state index is 14.8. The smallest absolute Gasteiger partial charge is 0.414 e. The molecule has 170 valence electrons. The number of pyridine rings is 1. The first-order valence-electron chi connectivity index (χ1n) is 10.6. The Morgan fingerprint density at radius 1 is 1.09 bits per heavy atom. The van der Waals surface area contributed by atoms with E-state index in [1.807, 2.05) is 12.1 Å². The average molecular weight is 458 g/mol. The molecule has 0 saturated heterocycles. The summed E-state index contributed by atoms with van der Waals surface area (Å²) in [4.78, 5) is 36.2. The molecular formula is C24H19FN6O3. The normalized spacial score (nSPS) is 11.2. The fourth-order valence-corrected chi connectivity index (χ4v) is 3.91. The summed E-state index contributed by atoms with van der Waals surface area (Å²) < 4.78 is 14.8. The lowest BCUT2D eigenvalue weighted by Gasteiger charge is -2.12. The molecule has 0 aliphatic carbocycles. The molecule has 10 heteroatoms. The molecule has 0 unspecified atom stereocenters. The molecule has 34 heavy (non-hydrogen) atoms. The molecule has 0 bridgehead atoms. The standard InChI is InChI=1S/C24H19FN6O3/c1-2-31(24(33)34)23-27-19-10-9-18(26-21(19)28-23)16-11-13(7-8-17(16)25)12-20-14-5-3-4-6-15(14)22(32)30-29-20/h3-11H,2,12H2,1H3,(H,30,32)(H,33,34)(H,26,27,28). The largest absolute Gasteiger partial charge is 0.465 e. The number of halogens is 1. The highest BCUT2D eigenvalue weighted by Gasteiger charge is 2.18. The van der Waals surface area contributed by atoms with E-state index < -0.39 is 11.9 Å². The SMILES string of the molecule is CCN(C(=O)O)c1nc2nc(-c3cc(Cc4n[nH]c(=O)c5ccccc45)ccc3F)ccc2[nH]1. The second-order valence-electron chi connectivity index (χ2n) is 7.69. The van der Waals surface area contributed by atoms with Crippen molar-refractivity contribution in [2.45, 2.75) is 13.3 Å². The van der Waals surface area contributed by atoms with Gasteiger partial charge in [-0.05, 0) is 42.8 Å². The van der Waals surface area contributed by atoms with Gasteiger partial charge in [-0.25, -0.2) is 24.2 Å². The van der Waals surface area contributed by atoms with Crippen LogP contribution in [0.2, 0.25) is 0 Å². The molecule has 0 aliphatic rings. The highest BCUT2D eigenvalue weighted by atomic mass is 19.1. The molecule has 3 heterocycles. The molecule has 1 amide bonds. The summed E-state index contributed by atoms with van der Waals surface area (Å²) in [5, 5.41) is 17.3. The third kappa shape index (κ3) is 3.75. The van der Waals surface area contributed by atoms with Gasteiger partial charge in [0.25, 0.3) is 5.56 Å². The number of amides is 1. The molecule has 3 N–H and O–H groups in total. The Kier molecular flexibility index (Phi) is 5.25. The predicted octanol–water partition coefficient (Wildman–Crippen LogP) is 4.10. The van der Waals surface area contributed by atoms with Gasteiger partial charge in [-0.1, -0.05) is 24.3 Å². The van der Waals surface area contributed by atoms with Gasteiger partial charge in [0.1, 0.15) is 5.82 Å². The van der Waals surface area contributed by atoms with E-state index in [2.05, 4.69) is 25.1 Å². The van der Waals surface area contributed by atoms with Crippen molar-refractivity contribution in [2.75, 3.05) is 11.4 Å². The van der Waals surface area contributed by atoms with Gasteiger partial charge < -0.3 is 10.1 Å². The van der Waals surface area contributed by atoms with E-state index in [1.165, 1.54) is 6.07 Å². The molecule has 2 aromatic carbocycles. The van der Waals surface area contributed by atoms with Crippen LogP contribution in [0, 0.1) is 5.82 Å². The zero-order chi connectivity index (χ0) is 23.8. The zero-order valence-electron chi connectivity index (χ0n) is 18.0. The van der Waals surface area contributed by atoms with Gasteiger partial charge in [-0.3, -0.25) is 4.79 Å². The lowest BCUT2D eigenvalue weighted by molar-refractivity contribution is 0.202. The minimum absolute atomic E-state index is 0.153. The quantitative estimate of drug-likeness (QED) is 0.364. The van der Waals surface area contributed by atoms with E-state index >= 15 is 0 Å². The summed E-state index contributed by atoms with van der Waals surface area (Å²) >= 11 is 0. The van der Waals surface area contributed by atoms with Crippen LogP contribution in [0.3, 0.4) is 0 Å². The highest BCUT2D eigenvalue weighted by Crippen LogP contribution is 2.27. The Morgan fingerprint density at radius 2 is 1.88 bits per heavy atom. The first-order valence-corrected chi connectivity index (χ1v) is 10.6. The van der Waals surface area contributed by atoms with Crippen molar-refractivity contribution in [3.63, 3.8) is 0 Å². The van der Waals surface area contributed by atoms with Crippen LogP contribution in [0.1, 0.15) is 18.2 Å². The van der Waals surface area contributed by atoms with Crippen LogP contribution in [-0.4, -0.2) is 42.9 Å². The Hall–Kier alpha value is -4.60. The number of carbonyl (C=O) groups is 1. The molecule has 5 rings (SSSR count). The number of nitrogens with one attached hydrogen (secondary N) is 2. The van der Waals surface area contributed by atoms with Crippen LogP contribution in [0.25, 0.3) is 33.2 Å². The molecule has 5 aromatic rings. The van der Waals surface area contributed by atoms with Gasteiger partial charge in [0.15, 0.2) is 5.65 Å². The van der Waals surface area contributed by atoms with E-state index in [0.717, 1.165) is 15.8 Å². The van der Waals surface area contributed by atoms with Crippen LogP contribution in [0.5, 0.6) is 0 Å². The van der Waals surface area contributed by atoms with Gasteiger partial charge in [-0.15, -0.1) is 0 Å². The second kappa shape index (κ2) is 8.39. The fraction of sp³-hybridized carbons (Fsp3) is 0.125. The number of nitrogens with zero attached hydrogens (tertiary/aromatic N) is 4. The van der Waals surface area contributed by atoms with Crippen molar-refractivity contribution in [2.24, 2.45) is 0 Å². The number of aromatic amines is 2. The molecule has 3 aromatic heterocycles. The number of fused-ring (bicyclic) bond motifs is 2. The number of H-pyrrole nitrogens is 2. The van der Waals surface area contributed by atoms with E-state index in [9.17, 15) is 19.1 Å². The van der Waals surface area contributed by atoms with Crippen molar-refractivity contribution in [1.82, 2.24) is 25.1 Å². The Labute approximate surface area is 191 Å². The average Bonchev–Trinajstić information content (AvgIpc) is 3.25. The summed E-state index contributed by atoms with van der Waals surface area (Å²) in [7, 11) is 0. The summed E-state index contributed by atoms with van der Waals surface area (Å²) in [6, 6.07) is 15.2. The van der Waals surface area contributed by atoms with Crippen molar-refractivity contribution in [1.29, 1.82) is 0 Å². The van der Waals surface area contributed by atoms with Crippen molar-refractivity contribution in [3.05, 3.63) is 82.0 Å². The molecule has 0 radical (unpaired) electrons. The zero-order valence-corrected chi connectivity index (χ0v) is 18.0. The van der Waals surface area contributed by atoms with Gasteiger partial charge in [0.05, 0.1) is 22.3 Å². The van der Waals surface area contributed by atoms with Gasteiger partial charge in [-0.2, -0.15) is 10.1 Å². The summed E-state index contributed by atoms with van der Waals surface area (Å²) in [5.74, 6) is -0.300. The number of rotatable bonds is 5. The van der Waals surface area contributed by atoms with Crippen LogP contribution in [0.4, 0.5) is 15.1 Å². The molecule has 0 fully saturated rings. The molecule has 0 aliphatic heterocycles. The number of benzene rings is 2. The van der Waals surface area contributed by atoms with Crippen LogP contribution < -0.4 is 10.5 Å². The lowest BCUT2D eigenvalue weighted by atomic mass is 10.0. The number of hydrogen-bond donors (Lipinski definition) is 3. The topological polar surface area (TPSA) is 128 Å². The first kappa shape index (κ1) is 21.3. The van der Waals surface area contributed by atoms with Crippen LogP contribution >= 0.6 is 0 Å². The van der Waals surface area contributed by atoms with E-state index in [-0.39, 0.29) is 29.3 Å². The number of carboxylic acid groups (broad SMARTS) is 1. The van der Waals surface area contributed by atoms with Gasteiger partial charge in [0, 0.05) is 23.9 Å². The summed E-state index contributed by atoms with van der Waals surface area (Å²) in [6.45, 7) is 1.91. The fourth-order valence-electron chi connectivity index (χ4n) is 3.91. The maximum Gasteiger partial charge on any atom is 0.414 e. The monoisotopic (exact) mass is 458 g/mol. The Bertz CT molecular complexity index is 1610. The second-order valence-corrected chi connectivity index (χ2v) is 7.69. The van der Waals surface area contributed by atoms with Gasteiger partial charge >= 0.3 is 6.09 Å². The number of imidazole rings is 1. The molecular weight excluding hydrogens is 439 g/mol. The lowest BCUT2D eigenvalue weighted by Crippen LogP contribution is -2.29. The van der Waals surface area contributed by atoms with E-state index in [4.69, 9.17) is 0 Å². The summed E-state index contributed by atoms with van der Waals surface area (Å²) in [5.41, 5.74) is 2.66. The van der Waals surface area contributed by atoms with Gasteiger partial charge in [0.2, 0.25) is 5.95 Å². The number of anilines is 1. The third-order valence-corrected chi connectivity index (χ3v) is 5.59. The minimum Gasteiger partial charge on any atom is -0.465 e.